The zero-order chi connectivity index (χ0) is 15.8. The third kappa shape index (κ3) is 4.56. The summed E-state index contributed by atoms with van der Waals surface area (Å²) in [5, 5.41) is 0. The van der Waals surface area contributed by atoms with Crippen molar-refractivity contribution in [2.45, 2.75) is 33.1 Å². The highest BCUT2D eigenvalue weighted by Crippen LogP contribution is 2.24. The number of aromatic nitrogens is 2. The number of hydrogen-bond donors (Lipinski definition) is 2. The van der Waals surface area contributed by atoms with Gasteiger partial charge in [-0.2, -0.15) is 0 Å². The molecule has 0 radical (unpaired) electrons. The number of nitrogens with one attached hydrogen (secondary N) is 1. The summed E-state index contributed by atoms with van der Waals surface area (Å²) in [5.41, 5.74) is 3.58. The third-order valence-corrected chi connectivity index (χ3v) is 3.18. The maximum atomic E-state index is 12.0. The summed E-state index contributed by atoms with van der Waals surface area (Å²) < 4.78 is 0. The van der Waals surface area contributed by atoms with Crippen LogP contribution in [0.1, 0.15) is 32.3 Å². The lowest BCUT2D eigenvalue weighted by atomic mass is 10.1. The van der Waals surface area contributed by atoms with E-state index in [0.717, 1.165) is 37.2 Å². The maximum Gasteiger partial charge on any atom is 0.241 e. The number of nitrogen functional groups attached to an aromatic ring is 1. The van der Waals surface area contributed by atoms with Gasteiger partial charge in [0.05, 0.1) is 6.54 Å². The second-order valence-corrected chi connectivity index (χ2v) is 5.13. The van der Waals surface area contributed by atoms with Gasteiger partial charge in [0.2, 0.25) is 5.91 Å². The molecular formula is C14H26N6O. The normalized spacial score (nSPS) is 10.3. The minimum absolute atomic E-state index is 0.0479. The number of carbonyl (C=O) groups excluding carboxylic acids is 1. The van der Waals surface area contributed by atoms with Crippen molar-refractivity contribution in [3.63, 3.8) is 0 Å². The van der Waals surface area contributed by atoms with Crippen LogP contribution in [0, 0.1) is 0 Å². The number of hydrogen-bond acceptors (Lipinski definition) is 6. The van der Waals surface area contributed by atoms with E-state index in [9.17, 15) is 4.79 Å². The number of hydrazine groups is 1. The Balaban J connectivity index is 3.14. The van der Waals surface area contributed by atoms with E-state index in [1.54, 1.807) is 19.0 Å². The number of carbonyl (C=O) groups is 1. The average molecular weight is 294 g/mol. The molecule has 0 spiro atoms. The Morgan fingerprint density at radius 2 is 2.00 bits per heavy atom. The van der Waals surface area contributed by atoms with E-state index in [1.807, 2.05) is 4.90 Å². The van der Waals surface area contributed by atoms with Crippen molar-refractivity contribution in [2.75, 3.05) is 37.5 Å². The topological polar surface area (TPSA) is 87.4 Å². The van der Waals surface area contributed by atoms with E-state index in [4.69, 9.17) is 5.84 Å². The molecule has 7 nitrogen and oxygen atoms in total. The fourth-order valence-corrected chi connectivity index (χ4v) is 2.11. The Morgan fingerprint density at radius 3 is 2.52 bits per heavy atom. The Hall–Kier alpha value is -1.89. The summed E-state index contributed by atoms with van der Waals surface area (Å²) in [6.07, 6.45) is 4.18. The molecule has 0 fully saturated rings. The van der Waals surface area contributed by atoms with Gasteiger partial charge in [0, 0.05) is 26.2 Å². The fourth-order valence-electron chi connectivity index (χ4n) is 2.11. The summed E-state index contributed by atoms with van der Waals surface area (Å²) in [5.74, 6) is 7.00. The Labute approximate surface area is 126 Å². The first-order valence-corrected chi connectivity index (χ1v) is 7.30. The molecule has 0 unspecified atom stereocenters. The van der Waals surface area contributed by atoms with Crippen LogP contribution in [-0.4, -0.2) is 48.0 Å². The van der Waals surface area contributed by atoms with Gasteiger partial charge in [-0.3, -0.25) is 4.79 Å². The fraction of sp³-hybridized carbons (Fsp3) is 0.643. The van der Waals surface area contributed by atoms with E-state index in [-0.39, 0.29) is 5.91 Å². The van der Waals surface area contributed by atoms with Crippen LogP contribution in [0.5, 0.6) is 0 Å². The lowest BCUT2D eigenvalue weighted by Gasteiger charge is -2.26. The van der Waals surface area contributed by atoms with Crippen LogP contribution in [0.4, 0.5) is 11.6 Å². The molecule has 1 aromatic heterocycles. The first kappa shape index (κ1) is 17.2. The van der Waals surface area contributed by atoms with Gasteiger partial charge in [-0.15, -0.1) is 0 Å². The molecule has 21 heavy (non-hydrogen) atoms. The first-order valence-electron chi connectivity index (χ1n) is 7.30. The van der Waals surface area contributed by atoms with Gasteiger partial charge in [-0.1, -0.05) is 20.3 Å². The van der Waals surface area contributed by atoms with Crippen LogP contribution in [0.15, 0.2) is 6.33 Å². The largest absolute Gasteiger partial charge is 0.347 e. The molecule has 1 heterocycles. The molecule has 1 amide bonds. The molecule has 0 bridgehead atoms. The Morgan fingerprint density at radius 1 is 1.29 bits per heavy atom. The molecular weight excluding hydrogens is 268 g/mol. The van der Waals surface area contributed by atoms with Gasteiger partial charge in [-0.05, 0) is 12.8 Å². The lowest BCUT2D eigenvalue weighted by molar-refractivity contribution is -0.127. The minimum Gasteiger partial charge on any atom is -0.347 e. The molecule has 0 atom stereocenters. The van der Waals surface area contributed by atoms with Crippen LogP contribution < -0.4 is 16.2 Å². The zero-order valence-electron chi connectivity index (χ0n) is 13.4. The summed E-state index contributed by atoms with van der Waals surface area (Å²) in [6.45, 7) is 5.23. The molecule has 0 aliphatic rings. The predicted molar refractivity (Wildman–Crippen MR) is 85.0 cm³/mol. The van der Waals surface area contributed by atoms with Crippen molar-refractivity contribution in [3.05, 3.63) is 11.9 Å². The Kier molecular flexibility index (Phi) is 6.87. The smallest absolute Gasteiger partial charge is 0.241 e. The summed E-state index contributed by atoms with van der Waals surface area (Å²) in [7, 11) is 3.51. The summed E-state index contributed by atoms with van der Waals surface area (Å²) in [4.78, 5) is 24.2. The van der Waals surface area contributed by atoms with E-state index in [0.29, 0.717) is 12.4 Å². The van der Waals surface area contributed by atoms with Gasteiger partial charge >= 0.3 is 0 Å². The standard InChI is InChI=1S/C14H26N6O/c1-5-7-11-13(18-15)16-10-17-14(11)20(8-6-2)9-12(21)19(3)4/h10H,5-9,15H2,1-4H3,(H,16,17,18). The molecule has 0 aromatic carbocycles. The van der Waals surface area contributed by atoms with Crippen LogP contribution in [0.3, 0.4) is 0 Å². The van der Waals surface area contributed by atoms with Crippen molar-refractivity contribution in [3.8, 4) is 0 Å². The van der Waals surface area contributed by atoms with E-state index < -0.39 is 0 Å². The highest BCUT2D eigenvalue weighted by Gasteiger charge is 2.19. The van der Waals surface area contributed by atoms with Gasteiger partial charge in [-0.25, -0.2) is 15.8 Å². The van der Waals surface area contributed by atoms with Crippen molar-refractivity contribution in [1.82, 2.24) is 14.9 Å². The monoisotopic (exact) mass is 294 g/mol. The number of anilines is 2. The quantitative estimate of drug-likeness (QED) is 0.550. The highest BCUT2D eigenvalue weighted by atomic mass is 16.2. The molecule has 0 aliphatic carbocycles. The van der Waals surface area contributed by atoms with Crippen LogP contribution >= 0.6 is 0 Å². The van der Waals surface area contributed by atoms with Gasteiger partial charge in [0.15, 0.2) is 0 Å². The van der Waals surface area contributed by atoms with Crippen molar-refractivity contribution < 1.29 is 4.79 Å². The minimum atomic E-state index is 0.0479. The van der Waals surface area contributed by atoms with Crippen LogP contribution in [0.25, 0.3) is 0 Å². The highest BCUT2D eigenvalue weighted by molar-refractivity contribution is 5.81. The maximum absolute atomic E-state index is 12.0. The van der Waals surface area contributed by atoms with Gasteiger partial charge in [0.25, 0.3) is 0 Å². The number of rotatable bonds is 8. The molecule has 0 saturated heterocycles. The summed E-state index contributed by atoms with van der Waals surface area (Å²) in [6, 6.07) is 0. The van der Waals surface area contributed by atoms with E-state index in [1.165, 1.54) is 6.33 Å². The van der Waals surface area contributed by atoms with Gasteiger partial charge < -0.3 is 15.2 Å². The molecule has 1 aromatic rings. The van der Waals surface area contributed by atoms with Crippen LogP contribution in [0.2, 0.25) is 0 Å². The van der Waals surface area contributed by atoms with Crippen LogP contribution in [-0.2, 0) is 11.2 Å². The van der Waals surface area contributed by atoms with Gasteiger partial charge in [0.1, 0.15) is 18.0 Å². The van der Waals surface area contributed by atoms with E-state index in [2.05, 4.69) is 29.2 Å². The number of amides is 1. The summed E-state index contributed by atoms with van der Waals surface area (Å²) >= 11 is 0. The average Bonchev–Trinajstić information content (AvgIpc) is 2.47. The molecule has 7 heteroatoms. The molecule has 3 N–H and O–H groups in total. The van der Waals surface area contributed by atoms with E-state index >= 15 is 0 Å². The number of nitrogens with two attached hydrogens (primary N) is 1. The van der Waals surface area contributed by atoms with Crippen molar-refractivity contribution >= 4 is 17.5 Å². The molecule has 118 valence electrons. The predicted octanol–water partition coefficient (Wildman–Crippen LogP) is 1.02. The molecule has 0 saturated carbocycles. The first-order chi connectivity index (χ1) is 10.0. The van der Waals surface area contributed by atoms with Crippen molar-refractivity contribution in [1.29, 1.82) is 0 Å². The lowest BCUT2D eigenvalue weighted by Crippen LogP contribution is -2.38. The number of nitrogens with zero attached hydrogens (tertiary/aromatic N) is 4. The third-order valence-electron chi connectivity index (χ3n) is 3.18. The number of likely N-dealkylation sites (N-methyl/N-ethyl adjacent to an activating group) is 1. The molecule has 0 aliphatic heterocycles. The molecule has 1 rings (SSSR count). The SMILES string of the molecule is CCCc1c(NN)ncnc1N(CCC)CC(=O)N(C)C. The Bertz CT molecular complexity index is 463. The van der Waals surface area contributed by atoms with Crippen molar-refractivity contribution in [2.24, 2.45) is 5.84 Å². The second-order valence-electron chi connectivity index (χ2n) is 5.13. The second kappa shape index (κ2) is 8.41. The zero-order valence-corrected chi connectivity index (χ0v) is 13.4.